The molecule has 2 aromatic rings. The van der Waals surface area contributed by atoms with E-state index >= 15 is 0 Å². The topological polar surface area (TPSA) is 87.2 Å². The van der Waals surface area contributed by atoms with Crippen molar-refractivity contribution in [2.24, 2.45) is 0 Å². The van der Waals surface area contributed by atoms with E-state index in [1.807, 2.05) is 19.1 Å². The molecule has 134 valence electrons. The Labute approximate surface area is 148 Å². The van der Waals surface area contributed by atoms with Gasteiger partial charge < -0.3 is 10.2 Å². The van der Waals surface area contributed by atoms with Gasteiger partial charge in [0, 0.05) is 24.5 Å². The molecule has 1 aromatic carbocycles. The Bertz CT molecular complexity index is 785. The Balaban J connectivity index is 1.61. The smallest absolute Gasteiger partial charge is 0.233 e. The number of aromatic nitrogens is 2. The molecule has 0 bridgehead atoms. The van der Waals surface area contributed by atoms with Crippen molar-refractivity contribution in [1.82, 2.24) is 10.2 Å². The van der Waals surface area contributed by atoms with Gasteiger partial charge in [-0.15, -0.1) is 10.2 Å². The molecule has 3 rings (SSSR count). The molecule has 2 heterocycles. The number of anilines is 4. The molecule has 0 amide bonds. The second kappa shape index (κ2) is 7.69. The molecule has 0 atom stereocenters. The summed E-state index contributed by atoms with van der Waals surface area (Å²) in [6, 6.07) is 11.5. The zero-order valence-electron chi connectivity index (χ0n) is 14.3. The SMILES string of the molecule is CCCS(=O)(=O)Nc1ccc(Nc2ccc(N3CCCC3)cc2)nn1. The summed E-state index contributed by atoms with van der Waals surface area (Å²) in [6.45, 7) is 4.05. The number of hydrogen-bond donors (Lipinski definition) is 2. The predicted octanol–water partition coefficient (Wildman–Crippen LogP) is 2.97. The lowest BCUT2D eigenvalue weighted by atomic mass is 10.2. The van der Waals surface area contributed by atoms with Crippen LogP contribution in [0.15, 0.2) is 36.4 Å². The van der Waals surface area contributed by atoms with Crippen LogP contribution in [0.1, 0.15) is 26.2 Å². The van der Waals surface area contributed by atoms with Gasteiger partial charge in [-0.05, 0) is 55.7 Å². The standard InChI is InChI=1S/C17H23N5O2S/c1-2-13-25(23,24)21-17-10-9-16(19-20-17)18-14-5-7-15(8-6-14)22-11-3-4-12-22/h5-10H,2-4,11-13H2,1H3,(H,18,19)(H,20,21). The first-order valence-corrected chi connectivity index (χ1v) is 10.2. The van der Waals surface area contributed by atoms with Crippen LogP contribution in [-0.4, -0.2) is 37.5 Å². The Morgan fingerprint density at radius 2 is 1.64 bits per heavy atom. The third-order valence-corrected chi connectivity index (χ3v) is 5.47. The van der Waals surface area contributed by atoms with Crippen LogP contribution in [0.5, 0.6) is 0 Å². The van der Waals surface area contributed by atoms with E-state index in [1.54, 1.807) is 12.1 Å². The number of benzene rings is 1. The number of nitrogens with zero attached hydrogens (tertiary/aromatic N) is 3. The molecule has 7 nitrogen and oxygen atoms in total. The minimum Gasteiger partial charge on any atom is -0.372 e. The van der Waals surface area contributed by atoms with Crippen molar-refractivity contribution in [3.8, 4) is 0 Å². The van der Waals surface area contributed by atoms with Gasteiger partial charge in [-0.3, -0.25) is 4.72 Å². The first-order valence-electron chi connectivity index (χ1n) is 8.52. The molecule has 25 heavy (non-hydrogen) atoms. The zero-order valence-corrected chi connectivity index (χ0v) is 15.1. The minimum atomic E-state index is -3.35. The van der Waals surface area contributed by atoms with Crippen molar-refractivity contribution in [2.75, 3.05) is 33.8 Å². The maximum atomic E-state index is 11.7. The minimum absolute atomic E-state index is 0.0675. The summed E-state index contributed by atoms with van der Waals surface area (Å²) in [5.41, 5.74) is 2.14. The second-order valence-corrected chi connectivity index (χ2v) is 7.93. The van der Waals surface area contributed by atoms with Gasteiger partial charge in [-0.1, -0.05) is 6.92 Å². The predicted molar refractivity (Wildman–Crippen MR) is 101 cm³/mol. The maximum absolute atomic E-state index is 11.7. The van der Waals surface area contributed by atoms with Gasteiger partial charge in [0.1, 0.15) is 0 Å². The van der Waals surface area contributed by atoms with Crippen molar-refractivity contribution >= 4 is 33.0 Å². The summed E-state index contributed by atoms with van der Waals surface area (Å²) in [7, 11) is -3.35. The molecule has 1 fully saturated rings. The molecule has 0 radical (unpaired) electrons. The third-order valence-electron chi connectivity index (χ3n) is 4.01. The van der Waals surface area contributed by atoms with Crippen molar-refractivity contribution in [1.29, 1.82) is 0 Å². The van der Waals surface area contributed by atoms with Gasteiger partial charge in [-0.25, -0.2) is 8.42 Å². The molecule has 1 saturated heterocycles. The number of rotatable bonds is 7. The molecular formula is C17H23N5O2S. The first kappa shape index (κ1) is 17.5. The highest BCUT2D eigenvalue weighted by Crippen LogP contribution is 2.23. The van der Waals surface area contributed by atoms with Crippen LogP contribution >= 0.6 is 0 Å². The van der Waals surface area contributed by atoms with Gasteiger partial charge in [-0.2, -0.15) is 0 Å². The van der Waals surface area contributed by atoms with Gasteiger partial charge in [0.15, 0.2) is 11.6 Å². The van der Waals surface area contributed by atoms with Crippen LogP contribution in [0.25, 0.3) is 0 Å². The van der Waals surface area contributed by atoms with Crippen molar-refractivity contribution < 1.29 is 8.42 Å². The van der Waals surface area contributed by atoms with E-state index < -0.39 is 10.0 Å². The highest BCUT2D eigenvalue weighted by Gasteiger charge is 2.12. The van der Waals surface area contributed by atoms with Crippen LogP contribution in [0.4, 0.5) is 23.0 Å². The monoisotopic (exact) mass is 361 g/mol. The quantitative estimate of drug-likeness (QED) is 0.788. The molecule has 0 unspecified atom stereocenters. The molecule has 1 aliphatic rings. The number of nitrogens with one attached hydrogen (secondary N) is 2. The number of sulfonamides is 1. The average molecular weight is 361 g/mol. The lowest BCUT2D eigenvalue weighted by Gasteiger charge is -2.17. The van der Waals surface area contributed by atoms with E-state index in [-0.39, 0.29) is 11.6 Å². The summed E-state index contributed by atoms with van der Waals surface area (Å²) >= 11 is 0. The first-order chi connectivity index (χ1) is 12.1. The molecule has 1 aromatic heterocycles. The Morgan fingerprint density at radius 1 is 1.00 bits per heavy atom. The Hall–Kier alpha value is -2.35. The van der Waals surface area contributed by atoms with E-state index in [4.69, 9.17) is 0 Å². The fraction of sp³-hybridized carbons (Fsp3) is 0.412. The van der Waals surface area contributed by atoms with Crippen molar-refractivity contribution in [3.05, 3.63) is 36.4 Å². The summed E-state index contributed by atoms with van der Waals surface area (Å²) in [5, 5.41) is 11.1. The van der Waals surface area contributed by atoms with Crippen LogP contribution < -0.4 is 14.9 Å². The Morgan fingerprint density at radius 3 is 2.24 bits per heavy atom. The van der Waals surface area contributed by atoms with Gasteiger partial charge >= 0.3 is 0 Å². The molecule has 0 spiro atoms. The number of hydrogen-bond acceptors (Lipinski definition) is 6. The molecule has 0 saturated carbocycles. The van der Waals surface area contributed by atoms with Crippen LogP contribution in [-0.2, 0) is 10.0 Å². The van der Waals surface area contributed by atoms with E-state index in [0.717, 1.165) is 18.8 Å². The fourth-order valence-electron chi connectivity index (χ4n) is 2.81. The highest BCUT2D eigenvalue weighted by molar-refractivity contribution is 7.92. The third kappa shape index (κ3) is 4.82. The van der Waals surface area contributed by atoms with Crippen LogP contribution in [0, 0.1) is 0 Å². The van der Waals surface area contributed by atoms with E-state index in [1.165, 1.54) is 18.5 Å². The highest BCUT2D eigenvalue weighted by atomic mass is 32.2. The largest absolute Gasteiger partial charge is 0.372 e. The summed E-state index contributed by atoms with van der Waals surface area (Å²) < 4.78 is 25.9. The Kier molecular flexibility index (Phi) is 5.37. The average Bonchev–Trinajstić information content (AvgIpc) is 3.11. The lowest BCUT2D eigenvalue weighted by molar-refractivity contribution is 0.599. The summed E-state index contributed by atoms with van der Waals surface area (Å²) in [6.07, 6.45) is 3.06. The second-order valence-electron chi connectivity index (χ2n) is 6.09. The van der Waals surface area contributed by atoms with Crippen LogP contribution in [0.2, 0.25) is 0 Å². The van der Waals surface area contributed by atoms with Crippen molar-refractivity contribution in [3.63, 3.8) is 0 Å². The molecule has 0 aliphatic carbocycles. The van der Waals surface area contributed by atoms with Gasteiger partial charge in [0.2, 0.25) is 10.0 Å². The fourth-order valence-corrected chi connectivity index (χ4v) is 3.88. The molecule has 8 heteroatoms. The van der Waals surface area contributed by atoms with E-state index in [2.05, 4.69) is 37.3 Å². The van der Waals surface area contributed by atoms with Gasteiger partial charge in [0.25, 0.3) is 0 Å². The molecule has 1 aliphatic heterocycles. The van der Waals surface area contributed by atoms with Gasteiger partial charge in [0.05, 0.1) is 5.75 Å². The normalized spacial score (nSPS) is 14.5. The van der Waals surface area contributed by atoms with E-state index in [9.17, 15) is 8.42 Å². The lowest BCUT2D eigenvalue weighted by Crippen LogP contribution is -2.17. The maximum Gasteiger partial charge on any atom is 0.233 e. The van der Waals surface area contributed by atoms with Crippen LogP contribution in [0.3, 0.4) is 0 Å². The zero-order chi connectivity index (χ0) is 17.7. The molecular weight excluding hydrogens is 338 g/mol. The summed E-state index contributed by atoms with van der Waals surface area (Å²) in [4.78, 5) is 2.38. The van der Waals surface area contributed by atoms with Crippen molar-refractivity contribution in [2.45, 2.75) is 26.2 Å². The summed E-state index contributed by atoms with van der Waals surface area (Å²) in [5.74, 6) is 0.855. The van der Waals surface area contributed by atoms with E-state index in [0.29, 0.717) is 12.2 Å². The molecule has 2 N–H and O–H groups in total.